The van der Waals surface area contributed by atoms with Crippen LogP contribution >= 0.6 is 21.6 Å². The van der Waals surface area contributed by atoms with Crippen molar-refractivity contribution >= 4 is 39.6 Å². The summed E-state index contributed by atoms with van der Waals surface area (Å²) >= 11 is 0. The van der Waals surface area contributed by atoms with E-state index in [0.29, 0.717) is 25.1 Å². The van der Waals surface area contributed by atoms with Gasteiger partial charge in [0, 0.05) is 30.0 Å². The monoisotopic (exact) mass is 394 g/mol. The second-order valence-electron chi connectivity index (χ2n) is 7.15. The van der Waals surface area contributed by atoms with Crippen LogP contribution in [0.1, 0.15) is 53.9 Å². The fourth-order valence-electron chi connectivity index (χ4n) is 1.64. The van der Waals surface area contributed by atoms with Crippen molar-refractivity contribution in [1.82, 2.24) is 10.6 Å². The first kappa shape index (κ1) is 23.9. The maximum absolute atomic E-state index is 11.8. The lowest BCUT2D eigenvalue weighted by molar-refractivity contribution is -0.136. The van der Waals surface area contributed by atoms with Gasteiger partial charge in [0.15, 0.2) is 0 Å². The van der Waals surface area contributed by atoms with Crippen LogP contribution in [0.4, 0.5) is 4.79 Å². The molecule has 2 amide bonds. The predicted octanol–water partition coefficient (Wildman–Crippen LogP) is 3.04. The molecule has 0 fully saturated rings. The Hall–Kier alpha value is -1.09. The molecular formula is C16H30N2O5S2. The number of rotatable bonds is 11. The van der Waals surface area contributed by atoms with Gasteiger partial charge in [-0.05, 0) is 41.0 Å². The summed E-state index contributed by atoms with van der Waals surface area (Å²) in [6, 6.07) is 0. The molecule has 146 valence electrons. The van der Waals surface area contributed by atoms with E-state index >= 15 is 0 Å². The van der Waals surface area contributed by atoms with E-state index in [9.17, 15) is 14.4 Å². The third kappa shape index (κ3) is 16.1. The molecule has 0 aromatic heterocycles. The average molecular weight is 395 g/mol. The molecule has 0 radical (unpaired) electrons. The van der Waals surface area contributed by atoms with Gasteiger partial charge in [-0.3, -0.25) is 9.59 Å². The minimum atomic E-state index is -0.802. The summed E-state index contributed by atoms with van der Waals surface area (Å²) in [5, 5.41) is 14.1. The third-order valence-electron chi connectivity index (χ3n) is 2.81. The molecule has 3 N–H and O–H groups in total. The highest BCUT2D eigenvalue weighted by atomic mass is 33.1. The van der Waals surface area contributed by atoms with Crippen molar-refractivity contribution in [2.75, 3.05) is 18.1 Å². The summed E-state index contributed by atoms with van der Waals surface area (Å²) in [5.41, 5.74) is -1.10. The van der Waals surface area contributed by atoms with Crippen molar-refractivity contribution < 1.29 is 24.2 Å². The summed E-state index contributed by atoms with van der Waals surface area (Å²) in [5.74, 6) is 0.396. The number of amides is 2. The van der Waals surface area contributed by atoms with E-state index < -0.39 is 23.2 Å². The first-order valence-corrected chi connectivity index (χ1v) is 10.6. The van der Waals surface area contributed by atoms with Gasteiger partial charge < -0.3 is 20.5 Å². The van der Waals surface area contributed by atoms with Gasteiger partial charge in [-0.2, -0.15) is 0 Å². The van der Waals surface area contributed by atoms with Crippen LogP contribution in [0.2, 0.25) is 0 Å². The Morgan fingerprint density at radius 3 is 2.16 bits per heavy atom. The number of hydrogen-bond donors (Lipinski definition) is 3. The summed E-state index contributed by atoms with van der Waals surface area (Å²) in [6.07, 6.45) is 0.454. The zero-order chi connectivity index (χ0) is 19.5. The van der Waals surface area contributed by atoms with Crippen LogP contribution in [-0.4, -0.2) is 52.3 Å². The second-order valence-corrected chi connectivity index (χ2v) is 9.85. The summed E-state index contributed by atoms with van der Waals surface area (Å²) < 4.78 is 5.21. The zero-order valence-electron chi connectivity index (χ0n) is 15.6. The van der Waals surface area contributed by atoms with Gasteiger partial charge in [0.25, 0.3) is 0 Å². The molecule has 0 rings (SSSR count). The van der Waals surface area contributed by atoms with E-state index in [0.717, 1.165) is 5.75 Å². The quantitative estimate of drug-likeness (QED) is 0.365. The lowest BCUT2D eigenvalue weighted by Crippen LogP contribution is -2.46. The van der Waals surface area contributed by atoms with E-state index in [2.05, 4.69) is 10.6 Å². The number of aliphatic carboxylic acids is 1. The Bertz CT molecular complexity index is 450. The molecule has 0 aliphatic rings. The number of nitrogens with one attached hydrogen (secondary N) is 2. The Balaban J connectivity index is 3.85. The summed E-state index contributed by atoms with van der Waals surface area (Å²) in [6.45, 7) is 9.61. The number of ether oxygens (including phenoxy) is 1. The first-order chi connectivity index (χ1) is 11.4. The number of carboxylic acids is 1. The number of hydrogen-bond acceptors (Lipinski definition) is 6. The fraction of sp³-hybridized carbons (Fsp3) is 0.812. The number of carboxylic acid groups (broad SMARTS) is 1. The minimum absolute atomic E-state index is 0.0739. The molecule has 0 atom stereocenters. The zero-order valence-corrected chi connectivity index (χ0v) is 17.3. The van der Waals surface area contributed by atoms with Crippen LogP contribution in [0.3, 0.4) is 0 Å². The lowest BCUT2D eigenvalue weighted by Gasteiger charge is -2.28. The average Bonchev–Trinajstić information content (AvgIpc) is 2.41. The maximum Gasteiger partial charge on any atom is 0.408 e. The Morgan fingerprint density at radius 1 is 1.00 bits per heavy atom. The van der Waals surface area contributed by atoms with Crippen molar-refractivity contribution in [2.24, 2.45) is 0 Å². The van der Waals surface area contributed by atoms with Crippen LogP contribution in [-0.2, 0) is 14.3 Å². The number of carbonyl (C=O) groups excluding carboxylic acids is 2. The Kier molecular flexibility index (Phi) is 11.0. The van der Waals surface area contributed by atoms with Gasteiger partial charge >= 0.3 is 12.1 Å². The predicted molar refractivity (Wildman–Crippen MR) is 103 cm³/mol. The highest BCUT2D eigenvalue weighted by Gasteiger charge is 2.25. The molecule has 0 aliphatic heterocycles. The molecule has 0 aromatic rings. The normalized spacial score (nSPS) is 11.7. The van der Waals surface area contributed by atoms with Crippen molar-refractivity contribution in [3.63, 3.8) is 0 Å². The molecule has 0 unspecified atom stereocenters. The minimum Gasteiger partial charge on any atom is -0.481 e. The largest absolute Gasteiger partial charge is 0.481 e. The second kappa shape index (κ2) is 11.5. The molecular weight excluding hydrogens is 364 g/mol. The SMILES string of the molecule is CC(C)(CCC(=O)NCCSSCCC(=O)O)NC(=O)OC(C)(C)C. The Labute approximate surface area is 157 Å². The molecule has 7 nitrogen and oxygen atoms in total. The molecule has 25 heavy (non-hydrogen) atoms. The molecule has 0 saturated heterocycles. The molecule has 0 heterocycles. The van der Waals surface area contributed by atoms with Crippen molar-refractivity contribution in [2.45, 2.75) is 65.0 Å². The molecule has 0 spiro atoms. The van der Waals surface area contributed by atoms with Gasteiger partial charge in [-0.25, -0.2) is 4.79 Å². The van der Waals surface area contributed by atoms with E-state index in [1.165, 1.54) is 21.6 Å². The molecule has 0 aliphatic carbocycles. The highest BCUT2D eigenvalue weighted by molar-refractivity contribution is 8.76. The Morgan fingerprint density at radius 2 is 1.60 bits per heavy atom. The van der Waals surface area contributed by atoms with E-state index in [1.54, 1.807) is 20.8 Å². The summed E-state index contributed by atoms with van der Waals surface area (Å²) in [4.78, 5) is 34.0. The molecule has 9 heteroatoms. The van der Waals surface area contributed by atoms with Gasteiger partial charge in [0.2, 0.25) is 5.91 Å². The van der Waals surface area contributed by atoms with E-state index in [1.807, 2.05) is 13.8 Å². The molecule has 0 aromatic carbocycles. The highest BCUT2D eigenvalue weighted by Crippen LogP contribution is 2.21. The van der Waals surface area contributed by atoms with Crippen LogP contribution in [0.25, 0.3) is 0 Å². The van der Waals surface area contributed by atoms with E-state index in [-0.39, 0.29) is 12.3 Å². The molecule has 0 bridgehead atoms. The van der Waals surface area contributed by atoms with Crippen LogP contribution in [0.15, 0.2) is 0 Å². The van der Waals surface area contributed by atoms with Crippen LogP contribution in [0, 0.1) is 0 Å². The number of alkyl carbamates (subject to hydrolysis) is 1. The summed E-state index contributed by atoms with van der Waals surface area (Å²) in [7, 11) is 3.02. The lowest BCUT2D eigenvalue weighted by atomic mass is 9.98. The van der Waals surface area contributed by atoms with Gasteiger partial charge in [-0.1, -0.05) is 21.6 Å². The maximum atomic E-state index is 11.8. The van der Waals surface area contributed by atoms with Crippen molar-refractivity contribution in [1.29, 1.82) is 0 Å². The topological polar surface area (TPSA) is 105 Å². The van der Waals surface area contributed by atoms with Gasteiger partial charge in [0.1, 0.15) is 5.60 Å². The van der Waals surface area contributed by atoms with Crippen molar-refractivity contribution in [3.05, 3.63) is 0 Å². The van der Waals surface area contributed by atoms with Gasteiger partial charge in [0.05, 0.1) is 6.42 Å². The number of carbonyl (C=O) groups is 3. The van der Waals surface area contributed by atoms with Crippen LogP contribution < -0.4 is 10.6 Å². The fourth-order valence-corrected chi connectivity index (χ4v) is 3.52. The van der Waals surface area contributed by atoms with Crippen LogP contribution in [0.5, 0.6) is 0 Å². The smallest absolute Gasteiger partial charge is 0.408 e. The van der Waals surface area contributed by atoms with Gasteiger partial charge in [-0.15, -0.1) is 0 Å². The third-order valence-corrected chi connectivity index (χ3v) is 5.21. The van der Waals surface area contributed by atoms with E-state index in [4.69, 9.17) is 9.84 Å². The van der Waals surface area contributed by atoms with Crippen molar-refractivity contribution in [3.8, 4) is 0 Å². The standard InChI is InChI=1S/C16H30N2O5S2/c1-15(2,3)23-14(22)18-16(4,5)8-6-12(19)17-9-11-25-24-10-7-13(20)21/h6-11H2,1-5H3,(H,17,19)(H,18,22)(H,20,21). The molecule has 0 saturated carbocycles. The first-order valence-electron chi connectivity index (χ1n) is 8.15.